The summed E-state index contributed by atoms with van der Waals surface area (Å²) in [5.41, 5.74) is 0.906. The Kier molecular flexibility index (Phi) is 3.91. The van der Waals surface area contributed by atoms with Gasteiger partial charge in [-0.3, -0.25) is 0 Å². The summed E-state index contributed by atoms with van der Waals surface area (Å²) in [5, 5.41) is 0.651. The predicted octanol–water partition coefficient (Wildman–Crippen LogP) is 3.96. The summed E-state index contributed by atoms with van der Waals surface area (Å²) in [7, 11) is 0. The van der Waals surface area contributed by atoms with Gasteiger partial charge >= 0.3 is 6.01 Å². The fourth-order valence-electron chi connectivity index (χ4n) is 1.13. The lowest BCUT2D eigenvalue weighted by atomic mass is 10.3. The molecule has 6 heteroatoms. The van der Waals surface area contributed by atoms with Crippen molar-refractivity contribution < 1.29 is 9.13 Å². The highest BCUT2D eigenvalue weighted by Gasteiger charge is 2.09. The van der Waals surface area contributed by atoms with Gasteiger partial charge in [-0.1, -0.05) is 33.6 Å². The van der Waals surface area contributed by atoms with Crippen LogP contribution >= 0.6 is 27.5 Å². The molecule has 0 bridgehead atoms. The monoisotopic (exact) mass is 316 g/mol. The summed E-state index contributed by atoms with van der Waals surface area (Å²) in [6.45, 7) is 0. The van der Waals surface area contributed by atoms with Gasteiger partial charge in [0, 0.05) is 17.7 Å². The van der Waals surface area contributed by atoms with E-state index in [2.05, 4.69) is 25.9 Å². The van der Waals surface area contributed by atoms with Crippen LogP contribution in [0.3, 0.4) is 0 Å². The molecule has 0 radical (unpaired) electrons. The molecule has 0 saturated heterocycles. The number of rotatable bonds is 3. The van der Waals surface area contributed by atoms with Gasteiger partial charge in [0.1, 0.15) is 0 Å². The van der Waals surface area contributed by atoms with Gasteiger partial charge in [-0.25, -0.2) is 14.4 Å². The van der Waals surface area contributed by atoms with Crippen LogP contribution in [0.1, 0.15) is 5.56 Å². The van der Waals surface area contributed by atoms with E-state index in [0.29, 0.717) is 5.33 Å². The number of halogens is 3. The van der Waals surface area contributed by atoms with Crippen LogP contribution in [0.15, 0.2) is 30.6 Å². The zero-order chi connectivity index (χ0) is 12.3. The molecule has 0 atom stereocenters. The summed E-state index contributed by atoms with van der Waals surface area (Å²) < 4.78 is 18.7. The lowest BCUT2D eigenvalue weighted by molar-refractivity contribution is 0.411. The van der Waals surface area contributed by atoms with Crippen LogP contribution in [0, 0.1) is 5.82 Å². The minimum atomic E-state index is -0.623. The van der Waals surface area contributed by atoms with E-state index in [1.807, 2.05) is 0 Å². The SMILES string of the molecule is Fc1c(Cl)cccc1Oc1ncc(CBr)cn1. The minimum absolute atomic E-state index is 0.000390. The van der Waals surface area contributed by atoms with Gasteiger partial charge in [0.25, 0.3) is 0 Å². The van der Waals surface area contributed by atoms with Crippen LogP contribution in [0.25, 0.3) is 0 Å². The van der Waals surface area contributed by atoms with Gasteiger partial charge in [-0.2, -0.15) is 0 Å². The van der Waals surface area contributed by atoms with Gasteiger partial charge in [0.15, 0.2) is 11.6 Å². The average Bonchev–Trinajstić information content (AvgIpc) is 2.36. The second-order valence-electron chi connectivity index (χ2n) is 3.16. The average molecular weight is 318 g/mol. The van der Waals surface area contributed by atoms with E-state index < -0.39 is 5.82 Å². The number of alkyl halides is 1. The molecule has 1 aromatic carbocycles. The maximum absolute atomic E-state index is 13.5. The van der Waals surface area contributed by atoms with Gasteiger partial charge in [0.05, 0.1) is 5.02 Å². The van der Waals surface area contributed by atoms with Crippen molar-refractivity contribution in [1.82, 2.24) is 9.97 Å². The van der Waals surface area contributed by atoms with E-state index in [9.17, 15) is 4.39 Å². The minimum Gasteiger partial charge on any atom is -0.421 e. The molecular weight excluding hydrogens is 310 g/mol. The molecule has 17 heavy (non-hydrogen) atoms. The van der Waals surface area contributed by atoms with Crippen molar-refractivity contribution >= 4 is 27.5 Å². The van der Waals surface area contributed by atoms with Crippen LogP contribution in [0.2, 0.25) is 5.02 Å². The normalized spacial score (nSPS) is 10.3. The van der Waals surface area contributed by atoms with Crippen molar-refractivity contribution in [3.8, 4) is 11.8 Å². The number of hydrogen-bond acceptors (Lipinski definition) is 3. The van der Waals surface area contributed by atoms with Crippen LogP contribution < -0.4 is 4.74 Å². The summed E-state index contributed by atoms with van der Waals surface area (Å²) >= 11 is 8.90. The van der Waals surface area contributed by atoms with Crippen molar-refractivity contribution in [2.45, 2.75) is 5.33 Å². The zero-order valence-electron chi connectivity index (χ0n) is 8.53. The fraction of sp³-hybridized carbons (Fsp3) is 0.0909. The molecule has 2 aromatic rings. The number of aromatic nitrogens is 2. The van der Waals surface area contributed by atoms with Crippen LogP contribution in [-0.2, 0) is 5.33 Å². The first kappa shape index (κ1) is 12.3. The second-order valence-corrected chi connectivity index (χ2v) is 4.13. The number of ether oxygens (including phenoxy) is 1. The lowest BCUT2D eigenvalue weighted by Gasteiger charge is -2.05. The highest BCUT2D eigenvalue weighted by molar-refractivity contribution is 9.08. The molecule has 2 rings (SSSR count). The molecule has 0 aliphatic rings. The summed E-state index contributed by atoms with van der Waals surface area (Å²) in [6, 6.07) is 4.57. The molecule has 1 aromatic heterocycles. The smallest absolute Gasteiger partial charge is 0.321 e. The summed E-state index contributed by atoms with van der Waals surface area (Å²) in [4.78, 5) is 7.89. The Balaban J connectivity index is 2.22. The topological polar surface area (TPSA) is 35.0 Å². The Bertz CT molecular complexity index is 521. The Labute approximate surface area is 111 Å². The predicted molar refractivity (Wildman–Crippen MR) is 66.1 cm³/mol. The Morgan fingerprint density at radius 3 is 2.65 bits per heavy atom. The van der Waals surface area contributed by atoms with Crippen molar-refractivity contribution in [3.05, 3.63) is 47.0 Å². The third kappa shape index (κ3) is 2.92. The zero-order valence-corrected chi connectivity index (χ0v) is 10.9. The maximum Gasteiger partial charge on any atom is 0.321 e. The molecule has 0 N–H and O–H groups in total. The molecule has 0 aliphatic heterocycles. The molecule has 3 nitrogen and oxygen atoms in total. The standard InChI is InChI=1S/C11H7BrClFN2O/c12-4-7-5-15-11(16-6-7)17-9-3-1-2-8(13)10(9)14/h1-3,5-6H,4H2. The van der Waals surface area contributed by atoms with E-state index in [-0.39, 0.29) is 16.8 Å². The first-order valence-electron chi connectivity index (χ1n) is 4.69. The molecular formula is C11H7BrClFN2O. The number of hydrogen-bond donors (Lipinski definition) is 0. The van der Waals surface area contributed by atoms with E-state index >= 15 is 0 Å². The third-order valence-electron chi connectivity index (χ3n) is 1.95. The molecule has 0 saturated carbocycles. The van der Waals surface area contributed by atoms with Gasteiger partial charge in [-0.15, -0.1) is 0 Å². The molecule has 0 spiro atoms. The van der Waals surface area contributed by atoms with Crippen molar-refractivity contribution in [2.75, 3.05) is 0 Å². The van der Waals surface area contributed by atoms with E-state index in [4.69, 9.17) is 16.3 Å². The van der Waals surface area contributed by atoms with Crippen LogP contribution in [0.5, 0.6) is 11.8 Å². The van der Waals surface area contributed by atoms with Gasteiger partial charge < -0.3 is 4.74 Å². The van der Waals surface area contributed by atoms with Crippen molar-refractivity contribution in [2.24, 2.45) is 0 Å². The fourth-order valence-corrected chi connectivity index (χ4v) is 1.58. The highest BCUT2D eigenvalue weighted by Crippen LogP contribution is 2.26. The molecule has 0 amide bonds. The van der Waals surface area contributed by atoms with Gasteiger partial charge in [0.2, 0.25) is 0 Å². The van der Waals surface area contributed by atoms with Crippen LogP contribution in [0.4, 0.5) is 4.39 Å². The molecule has 0 aliphatic carbocycles. The van der Waals surface area contributed by atoms with Crippen molar-refractivity contribution in [1.29, 1.82) is 0 Å². The Hall–Kier alpha value is -1.20. The largest absolute Gasteiger partial charge is 0.421 e. The molecule has 0 unspecified atom stereocenters. The van der Waals surface area contributed by atoms with Gasteiger partial charge in [-0.05, 0) is 17.7 Å². The molecule has 88 valence electrons. The Morgan fingerprint density at radius 2 is 2.00 bits per heavy atom. The second kappa shape index (κ2) is 5.42. The van der Waals surface area contributed by atoms with E-state index in [1.54, 1.807) is 18.5 Å². The third-order valence-corrected chi connectivity index (χ3v) is 2.89. The molecule has 1 heterocycles. The number of benzene rings is 1. The first-order valence-corrected chi connectivity index (χ1v) is 6.19. The first-order chi connectivity index (χ1) is 8.20. The Morgan fingerprint density at radius 1 is 1.29 bits per heavy atom. The van der Waals surface area contributed by atoms with Crippen molar-refractivity contribution in [3.63, 3.8) is 0 Å². The van der Waals surface area contributed by atoms with Crippen LogP contribution in [-0.4, -0.2) is 9.97 Å². The quantitative estimate of drug-likeness (QED) is 0.804. The lowest BCUT2D eigenvalue weighted by Crippen LogP contribution is -1.94. The summed E-state index contributed by atoms with van der Waals surface area (Å²) in [5.74, 6) is -0.619. The van der Waals surface area contributed by atoms with E-state index in [1.165, 1.54) is 12.1 Å². The highest BCUT2D eigenvalue weighted by atomic mass is 79.9. The number of nitrogens with zero attached hydrogens (tertiary/aromatic N) is 2. The summed E-state index contributed by atoms with van der Waals surface area (Å²) in [6.07, 6.45) is 3.19. The molecule has 0 fully saturated rings. The van der Waals surface area contributed by atoms with E-state index in [0.717, 1.165) is 5.56 Å². The maximum atomic E-state index is 13.5.